The van der Waals surface area contributed by atoms with E-state index >= 15 is 0 Å². The summed E-state index contributed by atoms with van der Waals surface area (Å²) in [6, 6.07) is 9.82. The van der Waals surface area contributed by atoms with E-state index in [1.165, 1.54) is 103 Å². The molecule has 2 saturated carbocycles. The minimum absolute atomic E-state index is 0.838. The van der Waals surface area contributed by atoms with Crippen LogP contribution >= 0.6 is 0 Å². The van der Waals surface area contributed by atoms with E-state index in [2.05, 4.69) is 38.1 Å². The van der Waals surface area contributed by atoms with E-state index in [-0.39, 0.29) is 0 Å². The van der Waals surface area contributed by atoms with Crippen molar-refractivity contribution in [1.82, 2.24) is 0 Å². The lowest BCUT2D eigenvalue weighted by Gasteiger charge is -2.29. The summed E-state index contributed by atoms with van der Waals surface area (Å²) in [5.74, 6) is 3.90. The minimum atomic E-state index is 0.838. The second-order valence-corrected chi connectivity index (χ2v) is 10.2. The predicted molar refractivity (Wildman–Crippen MR) is 124 cm³/mol. The van der Waals surface area contributed by atoms with Gasteiger partial charge in [-0.1, -0.05) is 102 Å². The predicted octanol–water partition coefficient (Wildman–Crippen LogP) is 9.08. The summed E-state index contributed by atoms with van der Waals surface area (Å²) in [4.78, 5) is 0. The highest BCUT2D eigenvalue weighted by Crippen LogP contribution is 2.38. The molecule has 28 heavy (non-hydrogen) atoms. The van der Waals surface area contributed by atoms with Crippen molar-refractivity contribution in [2.75, 3.05) is 0 Å². The Morgan fingerprint density at radius 2 is 1.18 bits per heavy atom. The first-order chi connectivity index (χ1) is 13.8. The van der Waals surface area contributed by atoms with Crippen LogP contribution in [0.4, 0.5) is 0 Å². The van der Waals surface area contributed by atoms with Gasteiger partial charge in [0.15, 0.2) is 0 Å². The van der Waals surface area contributed by atoms with Crippen molar-refractivity contribution < 1.29 is 0 Å². The molecule has 0 unspecified atom stereocenters. The van der Waals surface area contributed by atoms with E-state index in [0.29, 0.717) is 0 Å². The second-order valence-electron chi connectivity index (χ2n) is 10.2. The van der Waals surface area contributed by atoms with E-state index in [9.17, 15) is 0 Å². The number of rotatable bonds is 10. The van der Waals surface area contributed by atoms with Crippen molar-refractivity contribution in [3.8, 4) is 0 Å². The molecule has 1 aromatic rings. The number of hydrogen-bond acceptors (Lipinski definition) is 0. The molecule has 2 aliphatic rings. The molecule has 2 fully saturated rings. The van der Waals surface area contributed by atoms with E-state index in [0.717, 1.165) is 23.7 Å². The van der Waals surface area contributed by atoms with Crippen LogP contribution in [-0.4, -0.2) is 0 Å². The lowest BCUT2D eigenvalue weighted by molar-refractivity contribution is 0.249. The molecule has 2 aliphatic carbocycles. The second kappa shape index (κ2) is 12.0. The van der Waals surface area contributed by atoms with Crippen LogP contribution in [0, 0.1) is 17.8 Å². The van der Waals surface area contributed by atoms with Gasteiger partial charge in [-0.15, -0.1) is 0 Å². The van der Waals surface area contributed by atoms with Crippen LogP contribution in [0.5, 0.6) is 0 Å². The molecule has 0 bridgehead atoms. The van der Waals surface area contributed by atoms with Crippen LogP contribution in [0.25, 0.3) is 0 Å². The van der Waals surface area contributed by atoms with Gasteiger partial charge in [0.2, 0.25) is 0 Å². The van der Waals surface area contributed by atoms with Crippen molar-refractivity contribution in [2.24, 2.45) is 17.8 Å². The zero-order chi connectivity index (χ0) is 19.6. The molecule has 158 valence electrons. The lowest BCUT2D eigenvalue weighted by atomic mass is 9.76. The molecule has 1 aromatic carbocycles. The standard InChI is InChI=1S/C28H46/c1-3-5-6-8-24-9-11-25(12-10-24)13-14-26-17-21-28(22-18-26)27-19-15-23(7-4-2)16-20-27/h17-18,21-25,27H,3-16,19-20H2,1-2H3/t23-,24-,25-,27-. The fourth-order valence-corrected chi connectivity index (χ4v) is 6.01. The Morgan fingerprint density at radius 1 is 0.607 bits per heavy atom. The molecule has 0 amide bonds. The molecular weight excluding hydrogens is 336 g/mol. The van der Waals surface area contributed by atoms with Gasteiger partial charge in [0.25, 0.3) is 0 Å². The Hall–Kier alpha value is -0.780. The largest absolute Gasteiger partial charge is 0.0654 e. The van der Waals surface area contributed by atoms with E-state index in [1.54, 1.807) is 11.1 Å². The van der Waals surface area contributed by atoms with Gasteiger partial charge in [0.1, 0.15) is 0 Å². The number of aryl methyl sites for hydroxylation is 1. The van der Waals surface area contributed by atoms with Crippen molar-refractivity contribution >= 4 is 0 Å². The summed E-state index contributed by atoms with van der Waals surface area (Å²) in [6.45, 7) is 4.66. The molecule has 3 rings (SSSR count). The third kappa shape index (κ3) is 6.93. The van der Waals surface area contributed by atoms with Crippen LogP contribution < -0.4 is 0 Å². The average Bonchev–Trinajstić information content (AvgIpc) is 2.75. The summed E-state index contributed by atoms with van der Waals surface area (Å²) >= 11 is 0. The summed E-state index contributed by atoms with van der Waals surface area (Å²) in [5.41, 5.74) is 3.19. The summed E-state index contributed by atoms with van der Waals surface area (Å²) < 4.78 is 0. The van der Waals surface area contributed by atoms with Gasteiger partial charge in [-0.25, -0.2) is 0 Å². The van der Waals surface area contributed by atoms with Crippen LogP contribution in [0.2, 0.25) is 0 Å². The minimum Gasteiger partial charge on any atom is -0.0654 e. The first kappa shape index (κ1) is 21.9. The maximum absolute atomic E-state index is 2.46. The van der Waals surface area contributed by atoms with E-state index in [1.807, 2.05) is 0 Å². The topological polar surface area (TPSA) is 0 Å². The molecule has 0 aliphatic heterocycles. The summed E-state index contributed by atoms with van der Waals surface area (Å²) in [5, 5.41) is 0. The molecule has 0 atom stereocenters. The van der Waals surface area contributed by atoms with Gasteiger partial charge in [0.05, 0.1) is 0 Å². The van der Waals surface area contributed by atoms with Crippen molar-refractivity contribution in [1.29, 1.82) is 0 Å². The van der Waals surface area contributed by atoms with Gasteiger partial charge in [-0.05, 0) is 73.3 Å². The lowest BCUT2D eigenvalue weighted by Crippen LogP contribution is -2.15. The van der Waals surface area contributed by atoms with Gasteiger partial charge < -0.3 is 0 Å². The Kier molecular flexibility index (Phi) is 9.42. The third-order valence-corrected chi connectivity index (χ3v) is 8.02. The third-order valence-electron chi connectivity index (χ3n) is 8.02. The van der Waals surface area contributed by atoms with Crippen LogP contribution in [0.1, 0.15) is 127 Å². The number of hydrogen-bond donors (Lipinski definition) is 0. The first-order valence-corrected chi connectivity index (χ1v) is 12.9. The Morgan fingerprint density at radius 3 is 1.79 bits per heavy atom. The molecule has 0 nitrogen and oxygen atoms in total. The fourth-order valence-electron chi connectivity index (χ4n) is 6.01. The maximum Gasteiger partial charge on any atom is -0.0162 e. The van der Waals surface area contributed by atoms with Gasteiger partial charge >= 0.3 is 0 Å². The SMILES string of the molecule is CCCCC[C@H]1CC[C@H](CCc2ccc([C@H]3CC[C@H](CCC)CC3)cc2)CC1. The molecule has 0 heterocycles. The maximum atomic E-state index is 2.46. The van der Waals surface area contributed by atoms with Crippen molar-refractivity contribution in [3.63, 3.8) is 0 Å². The molecular formula is C28H46. The van der Waals surface area contributed by atoms with E-state index < -0.39 is 0 Å². The Bertz CT molecular complexity index is 511. The average molecular weight is 383 g/mol. The molecule has 0 saturated heterocycles. The van der Waals surface area contributed by atoms with Crippen molar-refractivity contribution in [3.05, 3.63) is 35.4 Å². The van der Waals surface area contributed by atoms with E-state index in [4.69, 9.17) is 0 Å². The molecule has 0 aromatic heterocycles. The molecule has 0 spiro atoms. The molecule has 0 N–H and O–H groups in total. The zero-order valence-electron chi connectivity index (χ0n) is 18.9. The van der Waals surface area contributed by atoms with Gasteiger partial charge in [0, 0.05) is 0 Å². The van der Waals surface area contributed by atoms with Crippen LogP contribution in [0.15, 0.2) is 24.3 Å². The van der Waals surface area contributed by atoms with Gasteiger partial charge in [-0.3, -0.25) is 0 Å². The van der Waals surface area contributed by atoms with Crippen LogP contribution in [0.3, 0.4) is 0 Å². The quantitative estimate of drug-likeness (QED) is 0.354. The normalized spacial score (nSPS) is 28.4. The Balaban J connectivity index is 1.35. The van der Waals surface area contributed by atoms with Crippen molar-refractivity contribution in [2.45, 2.75) is 122 Å². The smallest absolute Gasteiger partial charge is 0.0162 e. The highest BCUT2D eigenvalue weighted by Gasteiger charge is 2.22. The number of benzene rings is 1. The molecule has 0 heteroatoms. The highest BCUT2D eigenvalue weighted by molar-refractivity contribution is 5.26. The molecule has 0 radical (unpaired) electrons. The zero-order valence-corrected chi connectivity index (χ0v) is 18.9. The highest BCUT2D eigenvalue weighted by atomic mass is 14.3. The Labute approximate surface area is 175 Å². The van der Waals surface area contributed by atoms with Crippen LogP contribution in [-0.2, 0) is 6.42 Å². The summed E-state index contributed by atoms with van der Waals surface area (Å²) in [7, 11) is 0. The number of unbranched alkanes of at least 4 members (excludes halogenated alkanes) is 2. The van der Waals surface area contributed by atoms with Gasteiger partial charge in [-0.2, -0.15) is 0 Å². The fraction of sp³-hybridized carbons (Fsp3) is 0.786. The summed E-state index contributed by atoms with van der Waals surface area (Å²) in [6.07, 6.45) is 23.1. The first-order valence-electron chi connectivity index (χ1n) is 12.9. The monoisotopic (exact) mass is 382 g/mol.